The number of sulfone groups is 1. The Morgan fingerprint density at radius 2 is 2.10 bits per heavy atom. The zero-order valence-corrected chi connectivity index (χ0v) is 12.4. The van der Waals surface area contributed by atoms with Crippen LogP contribution in [-0.4, -0.2) is 31.7 Å². The highest BCUT2D eigenvalue weighted by Gasteiger charge is 2.16. The molecule has 1 amide bonds. The largest absolute Gasteiger partial charge is 0.506 e. The van der Waals surface area contributed by atoms with E-state index in [0.717, 1.165) is 19.1 Å². The molecule has 4 N–H and O–H groups in total. The summed E-state index contributed by atoms with van der Waals surface area (Å²) in [6.45, 7) is 1.99. The molecule has 0 aliphatic rings. The van der Waals surface area contributed by atoms with E-state index in [0.29, 0.717) is 6.42 Å². The Labute approximate surface area is 118 Å². The summed E-state index contributed by atoms with van der Waals surface area (Å²) < 4.78 is 22.9. The van der Waals surface area contributed by atoms with Crippen LogP contribution in [0, 0.1) is 0 Å². The predicted octanol–water partition coefficient (Wildman–Crippen LogP) is 1.25. The van der Waals surface area contributed by atoms with Crippen molar-refractivity contribution in [1.29, 1.82) is 0 Å². The molecule has 0 unspecified atom stereocenters. The second-order valence-corrected chi connectivity index (χ2v) is 6.70. The molecule has 1 atom stereocenters. The van der Waals surface area contributed by atoms with Crippen LogP contribution in [0.5, 0.6) is 5.75 Å². The maximum atomic E-state index is 11.8. The van der Waals surface area contributed by atoms with E-state index >= 15 is 0 Å². The first kappa shape index (κ1) is 16.5. The fourth-order valence-corrected chi connectivity index (χ4v) is 2.27. The molecule has 1 rings (SSSR count). The highest BCUT2D eigenvalue weighted by Crippen LogP contribution is 2.26. The maximum Gasteiger partial charge on any atom is 0.241 e. The van der Waals surface area contributed by atoms with Gasteiger partial charge in [0, 0.05) is 6.26 Å². The van der Waals surface area contributed by atoms with Crippen LogP contribution in [0.25, 0.3) is 0 Å². The lowest BCUT2D eigenvalue weighted by Gasteiger charge is -2.13. The summed E-state index contributed by atoms with van der Waals surface area (Å²) in [6, 6.07) is 3.03. The third-order valence-electron chi connectivity index (χ3n) is 2.86. The maximum absolute atomic E-state index is 11.8. The van der Waals surface area contributed by atoms with Gasteiger partial charge in [-0.1, -0.05) is 19.8 Å². The fraction of sp³-hybridized carbons (Fsp3) is 0.462. The number of phenolic OH excluding ortho intramolecular Hbond substituents is 1. The van der Waals surface area contributed by atoms with Crippen molar-refractivity contribution in [1.82, 2.24) is 0 Å². The van der Waals surface area contributed by atoms with Crippen molar-refractivity contribution in [2.75, 3.05) is 11.6 Å². The number of benzene rings is 1. The van der Waals surface area contributed by atoms with Crippen LogP contribution >= 0.6 is 0 Å². The second-order valence-electron chi connectivity index (χ2n) is 4.69. The Morgan fingerprint density at radius 1 is 1.45 bits per heavy atom. The van der Waals surface area contributed by atoms with Gasteiger partial charge in [-0.25, -0.2) is 8.42 Å². The summed E-state index contributed by atoms with van der Waals surface area (Å²) in [7, 11) is -3.41. The number of carbonyl (C=O) groups excluding carboxylic acids is 1. The van der Waals surface area contributed by atoms with Crippen LogP contribution < -0.4 is 11.1 Å². The van der Waals surface area contributed by atoms with E-state index in [9.17, 15) is 18.3 Å². The first-order chi connectivity index (χ1) is 9.25. The van der Waals surface area contributed by atoms with Gasteiger partial charge in [0.05, 0.1) is 16.6 Å². The molecule has 112 valence electrons. The molecule has 0 bridgehead atoms. The van der Waals surface area contributed by atoms with Crippen molar-refractivity contribution < 1.29 is 18.3 Å². The molecule has 7 heteroatoms. The van der Waals surface area contributed by atoms with Crippen molar-refractivity contribution in [3.8, 4) is 5.75 Å². The van der Waals surface area contributed by atoms with E-state index in [-0.39, 0.29) is 16.3 Å². The van der Waals surface area contributed by atoms with Crippen LogP contribution in [0.1, 0.15) is 26.2 Å². The molecule has 0 aromatic heterocycles. The number of amides is 1. The van der Waals surface area contributed by atoms with Gasteiger partial charge in [0.15, 0.2) is 9.84 Å². The minimum atomic E-state index is -3.41. The Balaban J connectivity index is 2.89. The van der Waals surface area contributed by atoms with Crippen LogP contribution in [0.2, 0.25) is 0 Å². The highest BCUT2D eigenvalue weighted by atomic mass is 32.2. The molecule has 0 aliphatic carbocycles. The fourth-order valence-electron chi connectivity index (χ4n) is 1.63. The van der Waals surface area contributed by atoms with E-state index in [4.69, 9.17) is 5.73 Å². The summed E-state index contributed by atoms with van der Waals surface area (Å²) in [4.78, 5) is 11.9. The Hall–Kier alpha value is -1.60. The number of rotatable bonds is 6. The van der Waals surface area contributed by atoms with Gasteiger partial charge >= 0.3 is 0 Å². The molecule has 0 aliphatic heterocycles. The Kier molecular flexibility index (Phi) is 5.52. The van der Waals surface area contributed by atoms with Gasteiger partial charge in [-0.3, -0.25) is 4.79 Å². The van der Waals surface area contributed by atoms with Crippen molar-refractivity contribution in [3.63, 3.8) is 0 Å². The number of phenols is 1. The smallest absolute Gasteiger partial charge is 0.241 e. The Morgan fingerprint density at radius 3 is 2.65 bits per heavy atom. The van der Waals surface area contributed by atoms with Gasteiger partial charge in [0.25, 0.3) is 0 Å². The van der Waals surface area contributed by atoms with Crippen molar-refractivity contribution in [2.45, 2.75) is 37.1 Å². The molecule has 0 spiro atoms. The lowest BCUT2D eigenvalue weighted by molar-refractivity contribution is -0.117. The van der Waals surface area contributed by atoms with Crippen LogP contribution in [-0.2, 0) is 14.6 Å². The normalized spacial score (nSPS) is 12.9. The zero-order valence-electron chi connectivity index (χ0n) is 11.6. The van der Waals surface area contributed by atoms with Gasteiger partial charge < -0.3 is 16.2 Å². The van der Waals surface area contributed by atoms with E-state index in [1.807, 2.05) is 6.92 Å². The zero-order chi connectivity index (χ0) is 15.3. The number of nitrogens with one attached hydrogen (secondary N) is 1. The number of hydrogen-bond donors (Lipinski definition) is 3. The third kappa shape index (κ3) is 4.50. The number of hydrogen-bond acceptors (Lipinski definition) is 5. The molecule has 6 nitrogen and oxygen atoms in total. The molecular formula is C13H20N2O4S. The number of carbonyl (C=O) groups is 1. The van der Waals surface area contributed by atoms with Gasteiger partial charge in [-0.05, 0) is 24.6 Å². The van der Waals surface area contributed by atoms with E-state index < -0.39 is 21.8 Å². The van der Waals surface area contributed by atoms with Crippen molar-refractivity contribution >= 4 is 21.4 Å². The van der Waals surface area contributed by atoms with Crippen molar-refractivity contribution in [2.24, 2.45) is 5.73 Å². The molecule has 1 aromatic rings. The minimum absolute atomic E-state index is 0.0210. The molecular weight excluding hydrogens is 280 g/mol. The summed E-state index contributed by atoms with van der Waals surface area (Å²) in [5.74, 6) is -0.646. The summed E-state index contributed by atoms with van der Waals surface area (Å²) in [5.41, 5.74) is 5.76. The molecule has 0 saturated heterocycles. The van der Waals surface area contributed by atoms with Gasteiger partial charge in [0.1, 0.15) is 5.75 Å². The van der Waals surface area contributed by atoms with Crippen molar-refractivity contribution in [3.05, 3.63) is 18.2 Å². The predicted molar refractivity (Wildman–Crippen MR) is 77.3 cm³/mol. The molecule has 1 aromatic carbocycles. The second kappa shape index (κ2) is 6.71. The monoisotopic (exact) mass is 300 g/mol. The quantitative estimate of drug-likeness (QED) is 0.685. The molecule has 0 fully saturated rings. The third-order valence-corrected chi connectivity index (χ3v) is 3.97. The van der Waals surface area contributed by atoms with Crippen LogP contribution in [0.3, 0.4) is 0 Å². The number of anilines is 1. The highest BCUT2D eigenvalue weighted by molar-refractivity contribution is 7.90. The van der Waals surface area contributed by atoms with Gasteiger partial charge in [-0.15, -0.1) is 0 Å². The lowest BCUT2D eigenvalue weighted by Crippen LogP contribution is -2.35. The van der Waals surface area contributed by atoms with Crippen LogP contribution in [0.15, 0.2) is 23.1 Å². The van der Waals surface area contributed by atoms with Gasteiger partial charge in [-0.2, -0.15) is 0 Å². The SMILES string of the molecule is CCCC[C@H](N)C(=O)Nc1cc(S(C)(=O)=O)ccc1O. The molecule has 0 radical (unpaired) electrons. The summed E-state index contributed by atoms with van der Waals surface area (Å²) >= 11 is 0. The topological polar surface area (TPSA) is 109 Å². The Bertz CT molecular complexity index is 584. The standard InChI is InChI=1S/C13H20N2O4S/c1-3-4-5-10(14)13(17)15-11-8-9(20(2,18)19)6-7-12(11)16/h6-8,10,16H,3-5,14H2,1-2H3,(H,15,17)/t10-/m0/s1. The average molecular weight is 300 g/mol. The molecule has 0 heterocycles. The number of unbranched alkanes of at least 4 members (excludes halogenated alkanes) is 1. The first-order valence-electron chi connectivity index (χ1n) is 6.35. The first-order valence-corrected chi connectivity index (χ1v) is 8.24. The lowest BCUT2D eigenvalue weighted by atomic mass is 10.1. The molecule has 20 heavy (non-hydrogen) atoms. The summed E-state index contributed by atoms with van der Waals surface area (Å²) in [5, 5.41) is 12.1. The van der Waals surface area contributed by atoms with E-state index in [2.05, 4.69) is 5.32 Å². The van der Waals surface area contributed by atoms with E-state index in [1.54, 1.807) is 0 Å². The summed E-state index contributed by atoms with van der Waals surface area (Å²) in [6.07, 6.45) is 3.34. The minimum Gasteiger partial charge on any atom is -0.506 e. The number of aromatic hydroxyl groups is 1. The van der Waals surface area contributed by atoms with Crippen LogP contribution in [0.4, 0.5) is 5.69 Å². The van der Waals surface area contributed by atoms with E-state index in [1.165, 1.54) is 18.2 Å². The molecule has 0 saturated carbocycles. The number of nitrogens with two attached hydrogens (primary N) is 1. The van der Waals surface area contributed by atoms with Gasteiger partial charge in [0.2, 0.25) is 5.91 Å². The average Bonchev–Trinajstić information content (AvgIpc) is 2.37.